The van der Waals surface area contributed by atoms with E-state index in [1.807, 2.05) is 18.0 Å². The SMILES string of the molecule is CN1CCC23c4c5ccc(CO)c4O[C@H]2C(O)CC(S(=O)(=O)O)[C@@]3(O)C1C5. The summed E-state index contributed by atoms with van der Waals surface area (Å²) in [5.41, 5.74) is -0.777. The lowest BCUT2D eigenvalue weighted by Crippen LogP contribution is -2.81. The third-order valence-corrected chi connectivity index (χ3v) is 8.63. The standard InChI is InChI=1S/C18H23NO7S/c1-19-5-4-17-14-9-2-3-10(8-20)15(14)26-16(17)11(21)7-13(27(23,24)25)18(17,22)12(19)6-9/h2-3,11-13,16,20-22H,4-8H2,1H3,(H,23,24,25)/t11?,12?,13?,16-,17?,18-/m0/s1. The fraction of sp³-hybridized carbons (Fsp3) is 0.667. The van der Waals surface area contributed by atoms with Crippen LogP contribution in [0.5, 0.6) is 5.75 Å². The van der Waals surface area contributed by atoms with Crippen LogP contribution in [0.25, 0.3) is 0 Å². The lowest BCUT2D eigenvalue weighted by Gasteiger charge is -2.64. The molecule has 9 heteroatoms. The molecule has 1 saturated carbocycles. The molecule has 6 atom stereocenters. The molecule has 2 bridgehead atoms. The lowest BCUT2D eigenvalue weighted by molar-refractivity contribution is -0.201. The van der Waals surface area contributed by atoms with Gasteiger partial charge in [-0.2, -0.15) is 8.42 Å². The van der Waals surface area contributed by atoms with E-state index in [9.17, 15) is 28.3 Å². The monoisotopic (exact) mass is 397 g/mol. The molecular formula is C18H23NO7S. The quantitative estimate of drug-likeness (QED) is 0.477. The Labute approximate surface area is 157 Å². The number of aliphatic hydroxyl groups is 3. The molecule has 4 aliphatic rings. The molecule has 2 aliphatic heterocycles. The molecule has 5 rings (SSSR count). The molecule has 2 aliphatic carbocycles. The summed E-state index contributed by atoms with van der Waals surface area (Å²) in [5.74, 6) is 0.441. The van der Waals surface area contributed by atoms with Gasteiger partial charge in [0.15, 0.2) is 0 Å². The Bertz CT molecular complexity index is 934. The Morgan fingerprint density at radius 1 is 1.37 bits per heavy atom. The van der Waals surface area contributed by atoms with Crippen molar-refractivity contribution < 1.29 is 33.0 Å². The third-order valence-electron chi connectivity index (χ3n) is 7.35. The molecule has 148 valence electrons. The van der Waals surface area contributed by atoms with Crippen LogP contribution in [0.2, 0.25) is 0 Å². The summed E-state index contributed by atoms with van der Waals surface area (Å²) in [5, 5.41) is 31.0. The molecule has 1 saturated heterocycles. The van der Waals surface area contributed by atoms with Gasteiger partial charge in [-0.3, -0.25) is 4.55 Å². The first-order valence-electron chi connectivity index (χ1n) is 9.16. The number of benzene rings is 1. The van der Waals surface area contributed by atoms with Crippen LogP contribution in [-0.4, -0.2) is 75.9 Å². The van der Waals surface area contributed by atoms with Crippen LogP contribution in [0.3, 0.4) is 0 Å². The van der Waals surface area contributed by atoms with Gasteiger partial charge in [0, 0.05) is 17.2 Å². The molecule has 0 aromatic heterocycles. The van der Waals surface area contributed by atoms with Crippen LogP contribution in [-0.2, 0) is 28.6 Å². The van der Waals surface area contributed by atoms with Gasteiger partial charge >= 0.3 is 0 Å². The molecule has 1 aromatic carbocycles. The fourth-order valence-electron chi connectivity index (χ4n) is 6.29. The smallest absolute Gasteiger partial charge is 0.270 e. The van der Waals surface area contributed by atoms with Crippen LogP contribution in [0.1, 0.15) is 29.5 Å². The normalized spacial score (nSPS) is 42.6. The first kappa shape index (κ1) is 17.8. The highest BCUT2D eigenvalue weighted by Gasteiger charge is 2.77. The first-order valence-corrected chi connectivity index (χ1v) is 10.7. The number of aliphatic hydroxyl groups excluding tert-OH is 2. The van der Waals surface area contributed by atoms with Crippen LogP contribution < -0.4 is 4.74 Å². The number of piperidine rings is 1. The predicted octanol–water partition coefficient (Wildman–Crippen LogP) is -0.810. The van der Waals surface area contributed by atoms with Crippen molar-refractivity contribution in [3.05, 3.63) is 28.8 Å². The highest BCUT2D eigenvalue weighted by molar-refractivity contribution is 7.86. The van der Waals surface area contributed by atoms with Crippen molar-refractivity contribution in [2.24, 2.45) is 0 Å². The summed E-state index contributed by atoms with van der Waals surface area (Å²) in [4.78, 5) is 1.93. The molecule has 27 heavy (non-hydrogen) atoms. The van der Waals surface area contributed by atoms with Gasteiger partial charge in [-0.1, -0.05) is 12.1 Å². The van der Waals surface area contributed by atoms with Gasteiger partial charge in [-0.15, -0.1) is 0 Å². The Balaban J connectivity index is 1.87. The minimum atomic E-state index is -4.62. The Morgan fingerprint density at radius 2 is 2.11 bits per heavy atom. The van der Waals surface area contributed by atoms with Crippen LogP contribution in [0, 0.1) is 0 Å². The highest BCUT2D eigenvalue weighted by atomic mass is 32.2. The summed E-state index contributed by atoms with van der Waals surface area (Å²) in [6.07, 6.45) is -1.49. The molecule has 8 nitrogen and oxygen atoms in total. The average molecular weight is 397 g/mol. The molecule has 4 unspecified atom stereocenters. The summed E-state index contributed by atoms with van der Waals surface area (Å²) in [6.45, 7) is 0.338. The maximum atomic E-state index is 12.3. The number of likely N-dealkylation sites (tertiary alicyclic amines) is 1. The Kier molecular flexibility index (Phi) is 3.45. The van der Waals surface area contributed by atoms with E-state index < -0.39 is 44.6 Å². The number of nitrogens with zero attached hydrogens (tertiary/aromatic N) is 1. The van der Waals surface area contributed by atoms with Gasteiger partial charge in [0.2, 0.25) is 0 Å². The molecular weight excluding hydrogens is 374 g/mol. The molecule has 1 spiro atoms. The molecule has 2 heterocycles. The third kappa shape index (κ3) is 1.87. The zero-order chi connectivity index (χ0) is 19.4. The van der Waals surface area contributed by atoms with E-state index in [4.69, 9.17) is 4.74 Å². The van der Waals surface area contributed by atoms with E-state index >= 15 is 0 Å². The average Bonchev–Trinajstić information content (AvgIpc) is 2.95. The zero-order valence-corrected chi connectivity index (χ0v) is 15.7. The molecule has 2 fully saturated rings. The molecule has 1 aromatic rings. The second-order valence-electron chi connectivity index (χ2n) is 8.34. The second-order valence-corrected chi connectivity index (χ2v) is 9.94. The van der Waals surface area contributed by atoms with Crippen molar-refractivity contribution in [2.75, 3.05) is 13.6 Å². The summed E-state index contributed by atoms with van der Waals surface area (Å²) >= 11 is 0. The topological polar surface area (TPSA) is 128 Å². The van der Waals surface area contributed by atoms with Crippen LogP contribution in [0.4, 0.5) is 0 Å². The van der Waals surface area contributed by atoms with E-state index in [1.54, 1.807) is 6.07 Å². The van der Waals surface area contributed by atoms with Crippen LogP contribution >= 0.6 is 0 Å². The maximum Gasteiger partial charge on any atom is 0.270 e. The Morgan fingerprint density at radius 3 is 2.78 bits per heavy atom. The number of hydrogen-bond acceptors (Lipinski definition) is 7. The van der Waals surface area contributed by atoms with Gasteiger partial charge in [-0.05, 0) is 38.4 Å². The molecule has 4 N–H and O–H groups in total. The fourth-order valence-corrected chi connectivity index (χ4v) is 7.55. The minimum Gasteiger partial charge on any atom is -0.486 e. The zero-order valence-electron chi connectivity index (χ0n) is 14.9. The molecule has 0 radical (unpaired) electrons. The van der Waals surface area contributed by atoms with E-state index in [1.165, 1.54) is 0 Å². The number of hydrogen-bond donors (Lipinski definition) is 4. The van der Waals surface area contributed by atoms with Gasteiger partial charge in [0.25, 0.3) is 10.1 Å². The Hall–Kier alpha value is -1.23. The van der Waals surface area contributed by atoms with Crippen molar-refractivity contribution in [3.63, 3.8) is 0 Å². The minimum absolute atomic E-state index is 0.259. The van der Waals surface area contributed by atoms with Gasteiger partial charge in [-0.25, -0.2) is 0 Å². The van der Waals surface area contributed by atoms with E-state index in [0.717, 1.165) is 5.56 Å². The summed E-state index contributed by atoms with van der Waals surface area (Å²) in [7, 11) is -2.78. The summed E-state index contributed by atoms with van der Waals surface area (Å²) in [6, 6.07) is 3.12. The van der Waals surface area contributed by atoms with Gasteiger partial charge < -0.3 is 25.0 Å². The molecule has 0 amide bonds. The number of rotatable bonds is 2. The largest absolute Gasteiger partial charge is 0.486 e. The highest BCUT2D eigenvalue weighted by Crippen LogP contribution is 2.65. The second kappa shape index (κ2) is 5.22. The number of likely N-dealkylation sites (N-methyl/N-ethyl adjacent to an activating group) is 1. The maximum absolute atomic E-state index is 12.3. The van der Waals surface area contributed by atoms with Gasteiger partial charge in [0.1, 0.15) is 22.7 Å². The van der Waals surface area contributed by atoms with Crippen LogP contribution in [0.15, 0.2) is 12.1 Å². The van der Waals surface area contributed by atoms with Crippen molar-refractivity contribution >= 4 is 10.1 Å². The predicted molar refractivity (Wildman–Crippen MR) is 94.1 cm³/mol. The lowest BCUT2D eigenvalue weighted by atomic mass is 9.48. The van der Waals surface area contributed by atoms with Gasteiger partial charge in [0.05, 0.1) is 18.1 Å². The first-order chi connectivity index (χ1) is 12.7. The van der Waals surface area contributed by atoms with Crippen molar-refractivity contribution in [3.8, 4) is 5.75 Å². The van der Waals surface area contributed by atoms with Crippen molar-refractivity contribution in [2.45, 2.75) is 60.4 Å². The van der Waals surface area contributed by atoms with E-state index in [-0.39, 0.29) is 13.0 Å². The van der Waals surface area contributed by atoms with Crippen molar-refractivity contribution in [1.82, 2.24) is 4.90 Å². The van der Waals surface area contributed by atoms with Crippen molar-refractivity contribution in [1.29, 1.82) is 0 Å². The summed E-state index contributed by atoms with van der Waals surface area (Å²) < 4.78 is 40.6. The van der Waals surface area contributed by atoms with E-state index in [2.05, 4.69) is 0 Å². The number of ether oxygens (including phenoxy) is 1. The van der Waals surface area contributed by atoms with E-state index in [0.29, 0.717) is 36.3 Å².